The van der Waals surface area contributed by atoms with E-state index in [1.54, 1.807) is 0 Å². The van der Waals surface area contributed by atoms with Gasteiger partial charge in [0, 0.05) is 11.8 Å². The summed E-state index contributed by atoms with van der Waals surface area (Å²) in [6, 6.07) is 0.770. The Labute approximate surface area is 112 Å². The normalized spacial score (nSPS) is 39.5. The van der Waals surface area contributed by atoms with Crippen LogP contribution in [0.25, 0.3) is 0 Å². The lowest BCUT2D eigenvalue weighted by Gasteiger charge is -2.31. The van der Waals surface area contributed by atoms with Crippen molar-refractivity contribution in [1.82, 2.24) is 5.32 Å². The van der Waals surface area contributed by atoms with Crippen molar-refractivity contribution >= 4 is 11.8 Å². The van der Waals surface area contributed by atoms with E-state index < -0.39 is 0 Å². The summed E-state index contributed by atoms with van der Waals surface area (Å²) < 4.78 is 0. The van der Waals surface area contributed by atoms with E-state index >= 15 is 0 Å². The molecule has 1 heterocycles. The van der Waals surface area contributed by atoms with E-state index in [2.05, 4.69) is 44.8 Å². The van der Waals surface area contributed by atoms with Crippen LogP contribution in [0.15, 0.2) is 0 Å². The number of hydrogen-bond donors (Lipinski definition) is 1. The van der Waals surface area contributed by atoms with E-state index in [9.17, 15) is 0 Å². The summed E-state index contributed by atoms with van der Waals surface area (Å²) >= 11 is 2.21. The van der Waals surface area contributed by atoms with E-state index in [0.29, 0.717) is 10.3 Å². The zero-order valence-electron chi connectivity index (χ0n) is 12.0. The van der Waals surface area contributed by atoms with Gasteiger partial charge >= 0.3 is 0 Å². The molecule has 0 bridgehead atoms. The lowest BCUT2D eigenvalue weighted by molar-refractivity contribution is 0.212. The quantitative estimate of drug-likeness (QED) is 0.744. The fraction of sp³-hybridized carbons (Fsp3) is 1.00. The topological polar surface area (TPSA) is 12.0 Å². The summed E-state index contributed by atoms with van der Waals surface area (Å²) in [7, 11) is 0. The Morgan fingerprint density at radius 2 is 2.00 bits per heavy atom. The molecule has 3 atom stereocenters. The van der Waals surface area contributed by atoms with Crippen molar-refractivity contribution in [2.45, 2.75) is 77.1 Å². The van der Waals surface area contributed by atoms with E-state index in [1.807, 2.05) is 0 Å². The van der Waals surface area contributed by atoms with Crippen LogP contribution in [0.2, 0.25) is 0 Å². The summed E-state index contributed by atoms with van der Waals surface area (Å²) in [5, 5.41) is 3.93. The molecule has 0 amide bonds. The average Bonchev–Trinajstić information content (AvgIpc) is 2.52. The molecular weight excluding hydrogens is 226 g/mol. The highest BCUT2D eigenvalue weighted by molar-refractivity contribution is 8.00. The second-order valence-electron chi connectivity index (χ2n) is 7.05. The largest absolute Gasteiger partial charge is 0.299 e. The van der Waals surface area contributed by atoms with Gasteiger partial charge in [0.1, 0.15) is 0 Å². The van der Waals surface area contributed by atoms with E-state index in [4.69, 9.17) is 0 Å². The molecule has 1 saturated heterocycles. The molecule has 2 aliphatic rings. The maximum Gasteiger partial charge on any atom is 0.0648 e. The molecule has 2 rings (SSSR count). The Balaban J connectivity index is 1.96. The Hall–Kier alpha value is 0.310. The van der Waals surface area contributed by atoms with Gasteiger partial charge in [-0.15, -0.1) is 11.8 Å². The smallest absolute Gasteiger partial charge is 0.0648 e. The molecule has 1 aliphatic carbocycles. The van der Waals surface area contributed by atoms with Crippen LogP contribution in [0.4, 0.5) is 0 Å². The van der Waals surface area contributed by atoms with E-state index in [0.717, 1.165) is 12.0 Å². The Morgan fingerprint density at radius 3 is 2.59 bits per heavy atom. The highest BCUT2D eigenvalue weighted by Gasteiger charge is 2.41. The van der Waals surface area contributed by atoms with Crippen molar-refractivity contribution in [3.63, 3.8) is 0 Å². The molecule has 2 fully saturated rings. The summed E-state index contributed by atoms with van der Waals surface area (Å²) in [5.41, 5.74) is 0.499. The average molecular weight is 255 g/mol. The van der Waals surface area contributed by atoms with Crippen molar-refractivity contribution in [1.29, 1.82) is 0 Å². The van der Waals surface area contributed by atoms with Gasteiger partial charge in [-0.05, 0) is 43.4 Å². The van der Waals surface area contributed by atoms with Crippen LogP contribution in [-0.2, 0) is 0 Å². The number of thioether (sulfide) groups is 1. The van der Waals surface area contributed by atoms with Gasteiger partial charge in [0.15, 0.2) is 0 Å². The van der Waals surface area contributed by atoms with Crippen molar-refractivity contribution in [2.75, 3.05) is 5.75 Å². The van der Waals surface area contributed by atoms with Gasteiger partial charge < -0.3 is 0 Å². The fourth-order valence-corrected chi connectivity index (χ4v) is 5.04. The van der Waals surface area contributed by atoms with Crippen LogP contribution in [0, 0.1) is 11.3 Å². The first-order valence-electron chi connectivity index (χ1n) is 7.37. The van der Waals surface area contributed by atoms with Crippen LogP contribution in [0.3, 0.4) is 0 Å². The lowest BCUT2D eigenvalue weighted by atomic mass is 9.76. The highest BCUT2D eigenvalue weighted by Crippen LogP contribution is 2.46. The van der Waals surface area contributed by atoms with Crippen LogP contribution in [0.5, 0.6) is 0 Å². The Kier molecular flexibility index (Phi) is 4.14. The Bertz CT molecular complexity index is 258. The van der Waals surface area contributed by atoms with Crippen LogP contribution in [-0.4, -0.2) is 16.7 Å². The molecule has 2 heteroatoms. The maximum atomic E-state index is 3.93. The highest BCUT2D eigenvalue weighted by atomic mass is 32.2. The third kappa shape index (κ3) is 3.20. The van der Waals surface area contributed by atoms with Gasteiger partial charge in [-0.1, -0.05) is 34.1 Å². The predicted octanol–water partition coefficient (Wildman–Crippen LogP) is 4.42. The monoisotopic (exact) mass is 255 g/mol. The standard InChI is InChI=1S/C15H29NS/c1-5-13-11-17-15(16-13)9-6-7-12(8-10-15)14(2,3)4/h12-13,16H,5-11H2,1-4H3. The minimum atomic E-state index is 0.445. The molecule has 1 saturated carbocycles. The molecule has 1 spiro atoms. The first-order valence-corrected chi connectivity index (χ1v) is 8.35. The molecule has 100 valence electrons. The van der Waals surface area contributed by atoms with Crippen LogP contribution < -0.4 is 5.32 Å². The third-order valence-corrected chi connectivity index (χ3v) is 6.42. The molecule has 17 heavy (non-hydrogen) atoms. The van der Waals surface area contributed by atoms with Crippen molar-refractivity contribution in [3.05, 3.63) is 0 Å². The van der Waals surface area contributed by atoms with Crippen LogP contribution in [0.1, 0.15) is 66.2 Å². The second-order valence-corrected chi connectivity index (χ2v) is 8.45. The first kappa shape index (κ1) is 13.7. The van der Waals surface area contributed by atoms with Crippen molar-refractivity contribution in [3.8, 4) is 0 Å². The van der Waals surface area contributed by atoms with Gasteiger partial charge in [-0.3, -0.25) is 5.32 Å². The molecule has 0 aromatic rings. The maximum absolute atomic E-state index is 3.93. The SMILES string of the molecule is CCC1CSC2(CCCC(C(C)(C)C)CC2)N1. The summed E-state index contributed by atoms with van der Waals surface area (Å²) in [4.78, 5) is 0.445. The molecular formula is C15H29NS. The molecule has 0 radical (unpaired) electrons. The fourth-order valence-electron chi connectivity index (χ4n) is 3.40. The predicted molar refractivity (Wildman–Crippen MR) is 78.4 cm³/mol. The minimum Gasteiger partial charge on any atom is -0.299 e. The van der Waals surface area contributed by atoms with E-state index in [-0.39, 0.29) is 0 Å². The summed E-state index contributed by atoms with van der Waals surface area (Å²) in [6.45, 7) is 9.56. The van der Waals surface area contributed by atoms with E-state index in [1.165, 1.54) is 44.3 Å². The summed E-state index contributed by atoms with van der Waals surface area (Å²) in [5.74, 6) is 2.25. The molecule has 0 aromatic carbocycles. The molecule has 1 nitrogen and oxygen atoms in total. The minimum absolute atomic E-state index is 0.445. The second kappa shape index (κ2) is 5.13. The number of rotatable bonds is 1. The number of hydrogen-bond acceptors (Lipinski definition) is 2. The summed E-state index contributed by atoms with van der Waals surface area (Å²) in [6.07, 6.45) is 8.33. The van der Waals surface area contributed by atoms with Gasteiger partial charge in [0.2, 0.25) is 0 Å². The zero-order valence-corrected chi connectivity index (χ0v) is 12.8. The molecule has 3 unspecified atom stereocenters. The molecule has 1 N–H and O–H groups in total. The van der Waals surface area contributed by atoms with Gasteiger partial charge in [0.05, 0.1) is 4.87 Å². The van der Waals surface area contributed by atoms with Crippen LogP contribution >= 0.6 is 11.8 Å². The molecule has 1 aliphatic heterocycles. The Morgan fingerprint density at radius 1 is 1.24 bits per heavy atom. The van der Waals surface area contributed by atoms with Crippen molar-refractivity contribution < 1.29 is 0 Å². The van der Waals surface area contributed by atoms with Gasteiger partial charge in [0.25, 0.3) is 0 Å². The van der Waals surface area contributed by atoms with Gasteiger partial charge in [-0.25, -0.2) is 0 Å². The zero-order chi connectivity index (χ0) is 12.5. The lowest BCUT2D eigenvalue weighted by Crippen LogP contribution is -2.41. The van der Waals surface area contributed by atoms with Crippen molar-refractivity contribution in [2.24, 2.45) is 11.3 Å². The number of nitrogens with one attached hydrogen (secondary N) is 1. The first-order chi connectivity index (χ1) is 7.95. The molecule has 0 aromatic heterocycles. The third-order valence-electron chi connectivity index (χ3n) is 4.78. The van der Waals surface area contributed by atoms with Gasteiger partial charge in [-0.2, -0.15) is 0 Å².